The molecule has 4 atom stereocenters. The fraction of sp³-hybridized carbons (Fsp3) is 1.00. The van der Waals surface area contributed by atoms with Gasteiger partial charge >= 0.3 is 0 Å². The molecule has 32 heavy (non-hydrogen) atoms. The molecule has 0 amide bonds. The molecule has 184 valence electrons. The number of ether oxygens (including phenoxy) is 1. The molecule has 3 rings (SSSR count). The van der Waals surface area contributed by atoms with E-state index in [2.05, 4.69) is 42.5 Å². The monoisotopic (exact) mass is 442 g/mol. The summed E-state index contributed by atoms with van der Waals surface area (Å²) in [5.74, 6) is 0.842. The van der Waals surface area contributed by atoms with Crippen molar-refractivity contribution in [2.45, 2.75) is 167 Å². The zero-order valence-corrected chi connectivity index (χ0v) is 22.9. The SMILES string of the molecule is BC1(B2CC(C)(C)C(C)(C)C2)CCCCCC2CCC(CCCCCCCC)OC2CC1. The van der Waals surface area contributed by atoms with Gasteiger partial charge in [0.1, 0.15) is 6.71 Å². The average molecular weight is 442 g/mol. The average Bonchev–Trinajstić information content (AvgIpc) is 2.97. The van der Waals surface area contributed by atoms with Crippen LogP contribution >= 0.6 is 0 Å². The first kappa shape index (κ1) is 26.7. The van der Waals surface area contributed by atoms with Crippen LogP contribution in [-0.4, -0.2) is 26.8 Å². The van der Waals surface area contributed by atoms with Crippen molar-refractivity contribution in [3.8, 4) is 0 Å². The highest BCUT2D eigenvalue weighted by Crippen LogP contribution is 2.59. The lowest BCUT2D eigenvalue weighted by molar-refractivity contribution is -0.0937. The summed E-state index contributed by atoms with van der Waals surface area (Å²) >= 11 is 0. The van der Waals surface area contributed by atoms with Gasteiger partial charge in [0.25, 0.3) is 0 Å². The second-order valence-electron chi connectivity index (χ2n) is 13.9. The maximum atomic E-state index is 6.89. The van der Waals surface area contributed by atoms with Gasteiger partial charge in [-0.25, -0.2) is 0 Å². The van der Waals surface area contributed by atoms with Crippen molar-refractivity contribution < 1.29 is 4.74 Å². The Labute approximate surface area is 203 Å². The lowest BCUT2D eigenvalue weighted by Crippen LogP contribution is -2.39. The highest BCUT2D eigenvalue weighted by atomic mass is 16.5. The molecule has 3 aliphatic rings. The van der Waals surface area contributed by atoms with Crippen LogP contribution in [0.15, 0.2) is 0 Å². The summed E-state index contributed by atoms with van der Waals surface area (Å²) in [5, 5.41) is 0.516. The maximum absolute atomic E-state index is 6.89. The van der Waals surface area contributed by atoms with E-state index in [0.717, 1.165) is 12.6 Å². The lowest BCUT2D eigenvalue weighted by Gasteiger charge is -2.42. The Kier molecular flexibility index (Phi) is 9.74. The first-order valence-corrected chi connectivity index (χ1v) is 14.8. The molecular weight excluding hydrogens is 386 g/mol. The van der Waals surface area contributed by atoms with Crippen LogP contribution in [0.1, 0.15) is 137 Å². The second kappa shape index (κ2) is 11.7. The van der Waals surface area contributed by atoms with Crippen molar-refractivity contribution in [1.29, 1.82) is 0 Å². The van der Waals surface area contributed by atoms with Crippen LogP contribution in [-0.2, 0) is 4.74 Å². The molecule has 1 aliphatic carbocycles. The predicted octanol–water partition coefficient (Wildman–Crippen LogP) is 8.54. The van der Waals surface area contributed by atoms with Gasteiger partial charge in [-0.05, 0) is 48.9 Å². The van der Waals surface area contributed by atoms with Crippen molar-refractivity contribution in [2.24, 2.45) is 16.7 Å². The van der Waals surface area contributed by atoms with Crippen molar-refractivity contribution >= 4 is 14.6 Å². The van der Waals surface area contributed by atoms with Crippen LogP contribution in [0.5, 0.6) is 0 Å². The lowest BCUT2D eigenvalue weighted by atomic mass is 9.23. The number of unbranched alkanes of at least 4 members (excludes halogenated alkanes) is 5. The second-order valence-corrected chi connectivity index (χ2v) is 13.9. The Morgan fingerprint density at radius 1 is 0.781 bits per heavy atom. The van der Waals surface area contributed by atoms with Crippen LogP contribution in [0.4, 0.5) is 0 Å². The molecule has 2 heterocycles. The molecular formula is C29H56B2O. The summed E-state index contributed by atoms with van der Waals surface area (Å²) in [5.41, 5.74) is 0.949. The quantitative estimate of drug-likeness (QED) is 0.270. The Hall–Kier alpha value is 0.0899. The highest BCUT2D eigenvalue weighted by Gasteiger charge is 2.53. The van der Waals surface area contributed by atoms with Gasteiger partial charge in [0.05, 0.1) is 20.1 Å². The van der Waals surface area contributed by atoms with Gasteiger partial charge in [0.15, 0.2) is 0 Å². The van der Waals surface area contributed by atoms with E-state index in [0.29, 0.717) is 28.3 Å². The van der Waals surface area contributed by atoms with Crippen molar-refractivity contribution in [3.05, 3.63) is 0 Å². The number of hydrogen-bond donors (Lipinski definition) is 0. The standard InChI is InChI=1S/C29H56B2O/c1-6-7-8-9-10-13-16-25-18-17-24-15-12-11-14-20-29(30,21-19-26(24)32-25)31-22-27(2,3)28(4,5)23-31/h24-26H,6-23,30H2,1-5H3. The fourth-order valence-corrected chi connectivity index (χ4v) is 7.48. The molecule has 3 heteroatoms. The fourth-order valence-electron chi connectivity index (χ4n) is 7.48. The molecule has 4 unspecified atom stereocenters. The van der Waals surface area contributed by atoms with E-state index >= 15 is 0 Å². The molecule has 2 saturated heterocycles. The normalized spacial score (nSPS) is 35.4. The first-order chi connectivity index (χ1) is 15.2. The van der Waals surface area contributed by atoms with Gasteiger partial charge in [-0.2, -0.15) is 0 Å². The topological polar surface area (TPSA) is 9.23 Å². The third kappa shape index (κ3) is 6.82. The first-order valence-electron chi connectivity index (χ1n) is 14.8. The van der Waals surface area contributed by atoms with E-state index in [1.807, 2.05) is 0 Å². The predicted molar refractivity (Wildman–Crippen MR) is 146 cm³/mol. The van der Waals surface area contributed by atoms with Crippen molar-refractivity contribution in [3.63, 3.8) is 0 Å². The van der Waals surface area contributed by atoms with Gasteiger partial charge in [-0.15, -0.1) is 0 Å². The minimum Gasteiger partial charge on any atom is -0.375 e. The van der Waals surface area contributed by atoms with Gasteiger partial charge in [0.2, 0.25) is 0 Å². The number of rotatable bonds is 8. The minimum atomic E-state index is 0.474. The zero-order valence-electron chi connectivity index (χ0n) is 22.9. The molecule has 3 fully saturated rings. The Bertz CT molecular complexity index is 543. The Morgan fingerprint density at radius 2 is 1.47 bits per heavy atom. The summed E-state index contributed by atoms with van der Waals surface area (Å²) in [6, 6.07) is 0. The Balaban J connectivity index is 1.56. The molecule has 0 spiro atoms. The Morgan fingerprint density at radius 3 is 2.19 bits per heavy atom. The van der Waals surface area contributed by atoms with E-state index in [9.17, 15) is 0 Å². The van der Waals surface area contributed by atoms with E-state index in [4.69, 9.17) is 4.74 Å². The highest BCUT2D eigenvalue weighted by molar-refractivity contribution is 6.71. The zero-order chi connectivity index (χ0) is 23.2. The van der Waals surface area contributed by atoms with Crippen LogP contribution < -0.4 is 0 Å². The molecule has 0 radical (unpaired) electrons. The number of fused-ring (bicyclic) bond motifs is 1. The summed E-state index contributed by atoms with van der Waals surface area (Å²) in [7, 11) is 2.67. The van der Waals surface area contributed by atoms with Crippen molar-refractivity contribution in [2.75, 3.05) is 0 Å². The van der Waals surface area contributed by atoms with E-state index in [-0.39, 0.29) is 0 Å². The summed E-state index contributed by atoms with van der Waals surface area (Å²) in [6.45, 7) is 13.3. The van der Waals surface area contributed by atoms with E-state index in [1.165, 1.54) is 115 Å². The molecule has 0 bridgehead atoms. The molecule has 0 N–H and O–H groups in total. The molecule has 1 saturated carbocycles. The molecule has 0 aromatic heterocycles. The van der Waals surface area contributed by atoms with Crippen LogP contribution in [0.25, 0.3) is 0 Å². The van der Waals surface area contributed by atoms with Crippen LogP contribution in [0.2, 0.25) is 17.9 Å². The maximum Gasteiger partial charge on any atom is 0.139 e. The van der Waals surface area contributed by atoms with Crippen LogP contribution in [0.3, 0.4) is 0 Å². The molecule has 0 aromatic rings. The van der Waals surface area contributed by atoms with Gasteiger partial charge in [-0.1, -0.05) is 123 Å². The van der Waals surface area contributed by atoms with E-state index < -0.39 is 0 Å². The third-order valence-electron chi connectivity index (χ3n) is 10.8. The van der Waals surface area contributed by atoms with Gasteiger partial charge < -0.3 is 4.74 Å². The summed E-state index contributed by atoms with van der Waals surface area (Å²) in [6.07, 6.45) is 26.4. The largest absolute Gasteiger partial charge is 0.375 e. The third-order valence-corrected chi connectivity index (χ3v) is 10.8. The van der Waals surface area contributed by atoms with Gasteiger partial charge in [0, 0.05) is 0 Å². The summed E-state index contributed by atoms with van der Waals surface area (Å²) in [4.78, 5) is 0. The molecule has 1 nitrogen and oxygen atoms in total. The molecule has 0 aromatic carbocycles. The smallest absolute Gasteiger partial charge is 0.139 e. The van der Waals surface area contributed by atoms with Crippen LogP contribution in [0, 0.1) is 16.7 Å². The minimum absolute atomic E-state index is 0.474. The number of hydrogen-bond acceptors (Lipinski definition) is 1. The van der Waals surface area contributed by atoms with Gasteiger partial charge in [-0.3, -0.25) is 0 Å². The van der Waals surface area contributed by atoms with Crippen molar-refractivity contribution in [1.82, 2.24) is 0 Å². The molecule has 2 aliphatic heterocycles. The van der Waals surface area contributed by atoms with E-state index in [1.54, 1.807) is 0 Å². The summed E-state index contributed by atoms with van der Waals surface area (Å²) < 4.78 is 6.89.